The predicted molar refractivity (Wildman–Crippen MR) is 72.7 cm³/mol. The smallest absolute Gasteiger partial charge is 0.242 e. The van der Waals surface area contributed by atoms with Crippen molar-refractivity contribution in [1.82, 2.24) is 14.5 Å². The topological polar surface area (TPSA) is 58.4 Å². The highest BCUT2D eigenvalue weighted by Gasteiger charge is 2.27. The molecule has 1 fully saturated rings. The number of likely N-dealkylation sites (tertiary alicyclic amines) is 1. The minimum absolute atomic E-state index is 0.116. The molecule has 5 heteroatoms. The molecule has 1 aliphatic rings. The van der Waals surface area contributed by atoms with Gasteiger partial charge in [0.15, 0.2) is 0 Å². The number of carbonyl (C=O) groups excluding carboxylic acids is 1. The highest BCUT2D eigenvalue weighted by molar-refractivity contribution is 5.76. The van der Waals surface area contributed by atoms with E-state index in [0.717, 1.165) is 31.6 Å². The monoisotopic (exact) mass is 265 g/mol. The van der Waals surface area contributed by atoms with Gasteiger partial charge in [-0.1, -0.05) is 6.92 Å². The van der Waals surface area contributed by atoms with Crippen molar-refractivity contribution in [2.24, 2.45) is 0 Å². The SMILES string of the molecule is CCc1nccn1CC(=O)N1CCC[C@@](C)(O)CC1. The summed E-state index contributed by atoms with van der Waals surface area (Å²) in [5.41, 5.74) is -0.626. The van der Waals surface area contributed by atoms with Gasteiger partial charge in [-0.05, 0) is 26.2 Å². The van der Waals surface area contributed by atoms with Gasteiger partial charge in [-0.15, -0.1) is 0 Å². The Labute approximate surface area is 114 Å². The average molecular weight is 265 g/mol. The van der Waals surface area contributed by atoms with Gasteiger partial charge in [-0.2, -0.15) is 0 Å². The standard InChI is InChI=1S/C14H23N3O2/c1-3-12-15-7-10-17(12)11-13(18)16-8-4-5-14(2,19)6-9-16/h7,10,19H,3-6,8-9,11H2,1-2H3/t14-/m1/s1. The zero-order valence-electron chi connectivity index (χ0n) is 11.8. The molecule has 0 aliphatic carbocycles. The fourth-order valence-electron chi connectivity index (χ4n) is 2.56. The molecule has 1 aromatic heterocycles. The molecule has 2 heterocycles. The van der Waals surface area contributed by atoms with Crippen molar-refractivity contribution in [2.75, 3.05) is 13.1 Å². The van der Waals surface area contributed by atoms with E-state index in [9.17, 15) is 9.90 Å². The van der Waals surface area contributed by atoms with Crippen LogP contribution in [0, 0.1) is 0 Å². The largest absolute Gasteiger partial charge is 0.390 e. The van der Waals surface area contributed by atoms with Crippen molar-refractivity contribution in [3.05, 3.63) is 18.2 Å². The fourth-order valence-corrected chi connectivity index (χ4v) is 2.56. The Morgan fingerprint density at radius 1 is 1.47 bits per heavy atom. The minimum atomic E-state index is -0.626. The zero-order valence-corrected chi connectivity index (χ0v) is 11.8. The summed E-state index contributed by atoms with van der Waals surface area (Å²) in [4.78, 5) is 18.4. The molecule has 1 aliphatic heterocycles. The second-order valence-corrected chi connectivity index (χ2v) is 5.56. The molecular weight excluding hydrogens is 242 g/mol. The van der Waals surface area contributed by atoms with Crippen molar-refractivity contribution in [2.45, 2.75) is 51.7 Å². The van der Waals surface area contributed by atoms with E-state index in [4.69, 9.17) is 0 Å². The van der Waals surface area contributed by atoms with Crippen LogP contribution in [0.2, 0.25) is 0 Å². The van der Waals surface area contributed by atoms with Crippen LogP contribution in [0.15, 0.2) is 12.4 Å². The van der Waals surface area contributed by atoms with E-state index in [1.165, 1.54) is 0 Å². The number of aryl methyl sites for hydroxylation is 1. The third-order valence-electron chi connectivity index (χ3n) is 3.84. The predicted octanol–water partition coefficient (Wildman–Crippen LogP) is 1.21. The number of amides is 1. The van der Waals surface area contributed by atoms with Crippen LogP contribution in [0.4, 0.5) is 0 Å². The molecule has 19 heavy (non-hydrogen) atoms. The van der Waals surface area contributed by atoms with Gasteiger partial charge in [0, 0.05) is 31.9 Å². The quantitative estimate of drug-likeness (QED) is 0.893. The van der Waals surface area contributed by atoms with E-state index in [2.05, 4.69) is 4.98 Å². The molecule has 0 bridgehead atoms. The minimum Gasteiger partial charge on any atom is -0.390 e. The second kappa shape index (κ2) is 5.74. The molecule has 0 aromatic carbocycles. The molecule has 0 spiro atoms. The Morgan fingerprint density at radius 3 is 3.00 bits per heavy atom. The molecule has 1 amide bonds. The summed E-state index contributed by atoms with van der Waals surface area (Å²) in [5, 5.41) is 10.0. The lowest BCUT2D eigenvalue weighted by molar-refractivity contribution is -0.132. The number of nitrogens with zero attached hydrogens (tertiary/aromatic N) is 3. The van der Waals surface area contributed by atoms with Gasteiger partial charge in [-0.25, -0.2) is 4.98 Å². The maximum atomic E-state index is 12.3. The molecular formula is C14H23N3O2. The first kappa shape index (κ1) is 14.1. The Balaban J connectivity index is 1.96. The first-order valence-corrected chi connectivity index (χ1v) is 7.02. The number of aromatic nitrogens is 2. The fraction of sp³-hybridized carbons (Fsp3) is 0.714. The summed E-state index contributed by atoms with van der Waals surface area (Å²) in [6, 6.07) is 0. The highest BCUT2D eigenvalue weighted by Crippen LogP contribution is 2.21. The van der Waals surface area contributed by atoms with E-state index in [0.29, 0.717) is 19.5 Å². The maximum Gasteiger partial charge on any atom is 0.242 e. The van der Waals surface area contributed by atoms with Crippen LogP contribution in [0.3, 0.4) is 0 Å². The van der Waals surface area contributed by atoms with Gasteiger partial charge >= 0.3 is 0 Å². The summed E-state index contributed by atoms with van der Waals surface area (Å²) in [7, 11) is 0. The molecule has 106 valence electrons. The molecule has 1 atom stereocenters. The zero-order chi connectivity index (χ0) is 13.9. The van der Waals surface area contributed by atoms with E-state index < -0.39 is 5.60 Å². The van der Waals surface area contributed by atoms with Gasteiger partial charge in [-0.3, -0.25) is 4.79 Å². The molecule has 0 saturated carbocycles. The third-order valence-corrected chi connectivity index (χ3v) is 3.84. The second-order valence-electron chi connectivity index (χ2n) is 5.56. The van der Waals surface area contributed by atoms with Gasteiger partial charge in [0.1, 0.15) is 12.4 Å². The lowest BCUT2D eigenvalue weighted by atomic mass is 9.98. The van der Waals surface area contributed by atoms with Crippen LogP contribution in [-0.2, 0) is 17.8 Å². The number of aliphatic hydroxyl groups is 1. The third kappa shape index (κ3) is 3.56. The lowest BCUT2D eigenvalue weighted by Gasteiger charge is -2.23. The van der Waals surface area contributed by atoms with Gasteiger partial charge < -0.3 is 14.6 Å². The molecule has 5 nitrogen and oxygen atoms in total. The Kier molecular flexibility index (Phi) is 4.24. The van der Waals surface area contributed by atoms with Crippen LogP contribution in [0.5, 0.6) is 0 Å². The summed E-state index contributed by atoms with van der Waals surface area (Å²) >= 11 is 0. The van der Waals surface area contributed by atoms with Gasteiger partial charge in [0.25, 0.3) is 0 Å². The van der Waals surface area contributed by atoms with E-state index in [1.807, 2.05) is 29.5 Å². The van der Waals surface area contributed by atoms with E-state index in [-0.39, 0.29) is 5.91 Å². The molecule has 0 unspecified atom stereocenters. The van der Waals surface area contributed by atoms with Gasteiger partial charge in [0.2, 0.25) is 5.91 Å². The van der Waals surface area contributed by atoms with Crippen molar-refractivity contribution < 1.29 is 9.90 Å². The van der Waals surface area contributed by atoms with Crippen molar-refractivity contribution in [3.63, 3.8) is 0 Å². The van der Waals surface area contributed by atoms with Crippen LogP contribution < -0.4 is 0 Å². The molecule has 2 rings (SSSR count). The summed E-state index contributed by atoms with van der Waals surface area (Å²) in [5.74, 6) is 1.06. The Hall–Kier alpha value is -1.36. The number of hydrogen-bond donors (Lipinski definition) is 1. The number of carbonyl (C=O) groups is 1. The van der Waals surface area contributed by atoms with E-state index in [1.54, 1.807) is 6.20 Å². The normalized spacial score (nSPS) is 24.3. The van der Waals surface area contributed by atoms with Gasteiger partial charge in [0.05, 0.1) is 5.60 Å². The van der Waals surface area contributed by atoms with Crippen LogP contribution in [0.1, 0.15) is 38.9 Å². The van der Waals surface area contributed by atoms with Crippen molar-refractivity contribution in [3.8, 4) is 0 Å². The van der Waals surface area contributed by atoms with E-state index >= 15 is 0 Å². The van der Waals surface area contributed by atoms with Crippen molar-refractivity contribution >= 4 is 5.91 Å². The Morgan fingerprint density at radius 2 is 2.26 bits per heavy atom. The highest BCUT2D eigenvalue weighted by atomic mass is 16.3. The van der Waals surface area contributed by atoms with Crippen LogP contribution in [-0.4, -0.2) is 44.2 Å². The van der Waals surface area contributed by atoms with Crippen molar-refractivity contribution in [1.29, 1.82) is 0 Å². The Bertz CT molecular complexity index is 440. The number of hydrogen-bond acceptors (Lipinski definition) is 3. The molecule has 0 radical (unpaired) electrons. The average Bonchev–Trinajstić information content (AvgIpc) is 2.71. The first-order chi connectivity index (χ1) is 9.02. The summed E-state index contributed by atoms with van der Waals surface area (Å²) < 4.78 is 1.91. The van der Waals surface area contributed by atoms with Crippen LogP contribution in [0.25, 0.3) is 0 Å². The summed E-state index contributed by atoms with van der Waals surface area (Å²) in [6.07, 6.45) is 6.70. The number of imidazole rings is 1. The lowest BCUT2D eigenvalue weighted by Crippen LogP contribution is -2.36. The summed E-state index contributed by atoms with van der Waals surface area (Å²) in [6.45, 7) is 5.62. The molecule has 1 aromatic rings. The van der Waals surface area contributed by atoms with Crippen LogP contribution >= 0.6 is 0 Å². The molecule has 1 N–H and O–H groups in total. The molecule has 1 saturated heterocycles. The maximum absolute atomic E-state index is 12.3. The first-order valence-electron chi connectivity index (χ1n) is 7.02. The number of rotatable bonds is 3.